The number of fused-ring (bicyclic) bond motifs is 1. The maximum Gasteiger partial charge on any atom is 0.0543 e. The molecule has 3 fully saturated rings. The predicted octanol–water partition coefficient (Wildman–Crippen LogP) is 7.86. The Bertz CT molecular complexity index is 455. The molecule has 3 saturated carbocycles. The van der Waals surface area contributed by atoms with Gasteiger partial charge < -0.3 is 5.11 Å². The second kappa shape index (κ2) is 9.19. The first-order chi connectivity index (χ1) is 12.3. The summed E-state index contributed by atoms with van der Waals surface area (Å²) in [6, 6.07) is 0. The van der Waals surface area contributed by atoms with Crippen LogP contribution in [0.1, 0.15) is 119 Å². The van der Waals surface area contributed by atoms with Crippen LogP contribution in [0.25, 0.3) is 0 Å². The Hall–Kier alpha value is -0.0400. The first-order valence-electron chi connectivity index (χ1n) is 12.0. The summed E-state index contributed by atoms with van der Waals surface area (Å²) in [5.41, 5.74) is 1.05. The smallest absolute Gasteiger partial charge is 0.0543 e. The molecule has 3 rings (SSSR count). The van der Waals surface area contributed by atoms with E-state index in [1.165, 1.54) is 64.2 Å². The monoisotopic (exact) mass is 378 g/mol. The summed E-state index contributed by atoms with van der Waals surface area (Å²) in [5.74, 6) is 4.47. The van der Waals surface area contributed by atoms with Crippen molar-refractivity contribution < 1.29 is 5.11 Å². The van der Waals surface area contributed by atoms with Crippen molar-refractivity contribution in [2.45, 2.75) is 125 Å². The summed E-state index contributed by atoms with van der Waals surface area (Å²) in [7, 11) is 0. The van der Waals surface area contributed by atoms with Crippen molar-refractivity contribution in [1.29, 1.82) is 0 Å². The number of hydrogen-bond donors (Lipinski definition) is 1. The number of rotatable bonds is 6. The van der Waals surface area contributed by atoms with Gasteiger partial charge in [-0.05, 0) is 85.4 Å². The van der Waals surface area contributed by atoms with Crippen LogP contribution in [-0.4, -0.2) is 11.2 Å². The molecule has 0 aromatic carbocycles. The molecule has 0 amide bonds. The van der Waals surface area contributed by atoms with Gasteiger partial charge in [0, 0.05) is 0 Å². The molecule has 0 saturated heterocycles. The Morgan fingerprint density at radius 2 is 1.74 bits per heavy atom. The standard InChI is InChI=1S/C25H46O.CH4/c1-6-9-20-11-12-22-19(10-8-14-25(20,22)5)16-18(7-2)23-17-21(26)13-15-24(23,3)4;/h18-23,26H,6-17H2,1-5H3;1H4/t18-,19?,20?,21+,22?,23?,25?;/m0./s1. The number of aliphatic hydroxyl groups excluding tert-OH is 1. The molecule has 1 nitrogen and oxygen atoms in total. The Labute approximate surface area is 171 Å². The van der Waals surface area contributed by atoms with Crippen molar-refractivity contribution in [2.75, 3.05) is 0 Å². The van der Waals surface area contributed by atoms with E-state index in [4.69, 9.17) is 0 Å². The topological polar surface area (TPSA) is 20.2 Å². The number of aliphatic hydroxyl groups is 1. The largest absolute Gasteiger partial charge is 0.393 e. The zero-order chi connectivity index (χ0) is 18.9. The van der Waals surface area contributed by atoms with E-state index in [0.717, 1.165) is 42.4 Å². The average molecular weight is 379 g/mol. The van der Waals surface area contributed by atoms with Gasteiger partial charge in [-0.3, -0.25) is 0 Å². The van der Waals surface area contributed by atoms with Crippen LogP contribution >= 0.6 is 0 Å². The predicted molar refractivity (Wildman–Crippen MR) is 119 cm³/mol. The number of hydrogen-bond acceptors (Lipinski definition) is 1. The molecular weight excluding hydrogens is 328 g/mol. The van der Waals surface area contributed by atoms with Gasteiger partial charge in [0.25, 0.3) is 0 Å². The van der Waals surface area contributed by atoms with E-state index in [1.54, 1.807) is 0 Å². The van der Waals surface area contributed by atoms with Gasteiger partial charge in [0.15, 0.2) is 0 Å². The van der Waals surface area contributed by atoms with Gasteiger partial charge in [-0.25, -0.2) is 0 Å². The lowest BCUT2D eigenvalue weighted by atomic mass is 9.56. The fourth-order valence-electron chi connectivity index (χ4n) is 7.85. The van der Waals surface area contributed by atoms with Gasteiger partial charge in [0.1, 0.15) is 0 Å². The lowest BCUT2D eigenvalue weighted by Gasteiger charge is -2.49. The van der Waals surface area contributed by atoms with E-state index in [0.29, 0.717) is 10.8 Å². The Morgan fingerprint density at radius 1 is 1.00 bits per heavy atom. The Morgan fingerprint density at radius 3 is 2.41 bits per heavy atom. The van der Waals surface area contributed by atoms with E-state index in [9.17, 15) is 5.11 Å². The van der Waals surface area contributed by atoms with E-state index < -0.39 is 0 Å². The van der Waals surface area contributed by atoms with Crippen LogP contribution in [0.3, 0.4) is 0 Å². The molecule has 1 heteroatoms. The minimum atomic E-state index is -0.0425. The normalized spacial score (nSPS) is 42.2. The molecule has 0 spiro atoms. The van der Waals surface area contributed by atoms with Crippen LogP contribution in [0.2, 0.25) is 0 Å². The highest BCUT2D eigenvalue weighted by molar-refractivity contribution is 5.01. The van der Waals surface area contributed by atoms with Crippen molar-refractivity contribution in [2.24, 2.45) is 40.4 Å². The van der Waals surface area contributed by atoms with E-state index in [2.05, 4.69) is 34.6 Å². The van der Waals surface area contributed by atoms with Crippen LogP contribution < -0.4 is 0 Å². The third-order valence-corrected chi connectivity index (χ3v) is 9.45. The third-order valence-electron chi connectivity index (χ3n) is 9.45. The minimum Gasteiger partial charge on any atom is -0.393 e. The van der Waals surface area contributed by atoms with Crippen LogP contribution in [0.5, 0.6) is 0 Å². The average Bonchev–Trinajstić information content (AvgIpc) is 2.93. The zero-order valence-electron chi connectivity index (χ0n) is 18.4. The molecular formula is C26H50O. The lowest BCUT2D eigenvalue weighted by molar-refractivity contribution is -0.0223. The molecule has 1 N–H and O–H groups in total. The molecule has 3 aliphatic carbocycles. The summed E-state index contributed by atoms with van der Waals surface area (Å²) in [6.07, 6.45) is 16.2. The maximum absolute atomic E-state index is 10.3. The lowest BCUT2D eigenvalue weighted by Crippen LogP contribution is -2.42. The van der Waals surface area contributed by atoms with Gasteiger partial charge in [-0.2, -0.15) is 0 Å². The van der Waals surface area contributed by atoms with E-state index in [1.807, 2.05) is 0 Å². The van der Waals surface area contributed by atoms with Crippen molar-refractivity contribution in [3.05, 3.63) is 0 Å². The molecule has 0 aromatic rings. The summed E-state index contributed by atoms with van der Waals surface area (Å²) in [5, 5.41) is 10.3. The SMILES string of the molecule is C.CCCC1CCC2C(C[C@H](CC)C3C[C@H](O)CCC3(C)C)CCCC12C. The van der Waals surface area contributed by atoms with Crippen LogP contribution in [-0.2, 0) is 0 Å². The molecule has 0 heterocycles. The van der Waals surface area contributed by atoms with E-state index in [-0.39, 0.29) is 13.5 Å². The Balaban J connectivity index is 0.00000261. The zero-order valence-corrected chi connectivity index (χ0v) is 18.4. The molecule has 27 heavy (non-hydrogen) atoms. The summed E-state index contributed by atoms with van der Waals surface area (Å²) in [6.45, 7) is 12.4. The van der Waals surface area contributed by atoms with Gasteiger partial charge in [0.2, 0.25) is 0 Å². The van der Waals surface area contributed by atoms with Crippen LogP contribution in [0, 0.1) is 40.4 Å². The Kier molecular flexibility index (Phi) is 7.91. The van der Waals surface area contributed by atoms with Gasteiger partial charge in [0.05, 0.1) is 6.10 Å². The second-order valence-corrected chi connectivity index (χ2v) is 11.3. The third kappa shape index (κ3) is 4.59. The first kappa shape index (κ1) is 23.2. The molecule has 0 aliphatic heterocycles. The van der Waals surface area contributed by atoms with Gasteiger partial charge >= 0.3 is 0 Å². The molecule has 5 unspecified atom stereocenters. The first-order valence-corrected chi connectivity index (χ1v) is 12.0. The van der Waals surface area contributed by atoms with Gasteiger partial charge in [-0.15, -0.1) is 0 Å². The molecule has 7 atom stereocenters. The fraction of sp³-hybridized carbons (Fsp3) is 1.00. The molecule has 160 valence electrons. The maximum atomic E-state index is 10.3. The molecule has 0 bridgehead atoms. The highest BCUT2D eigenvalue weighted by Gasteiger charge is 2.51. The quantitative estimate of drug-likeness (QED) is 0.498. The van der Waals surface area contributed by atoms with Crippen molar-refractivity contribution in [1.82, 2.24) is 0 Å². The molecule has 3 aliphatic rings. The second-order valence-electron chi connectivity index (χ2n) is 11.3. The van der Waals surface area contributed by atoms with E-state index >= 15 is 0 Å². The minimum absolute atomic E-state index is 0. The van der Waals surface area contributed by atoms with Gasteiger partial charge in [-0.1, -0.05) is 74.1 Å². The van der Waals surface area contributed by atoms with Crippen molar-refractivity contribution in [3.8, 4) is 0 Å². The summed E-state index contributed by atoms with van der Waals surface area (Å²) in [4.78, 5) is 0. The van der Waals surface area contributed by atoms with Crippen LogP contribution in [0.4, 0.5) is 0 Å². The summed E-state index contributed by atoms with van der Waals surface area (Å²) < 4.78 is 0. The molecule has 0 radical (unpaired) electrons. The fourth-order valence-corrected chi connectivity index (χ4v) is 7.85. The molecule has 0 aromatic heterocycles. The summed E-state index contributed by atoms with van der Waals surface area (Å²) >= 11 is 0. The highest BCUT2D eigenvalue weighted by Crippen LogP contribution is 2.60. The van der Waals surface area contributed by atoms with Crippen molar-refractivity contribution in [3.63, 3.8) is 0 Å². The van der Waals surface area contributed by atoms with Crippen LogP contribution in [0.15, 0.2) is 0 Å². The highest BCUT2D eigenvalue weighted by atomic mass is 16.3. The van der Waals surface area contributed by atoms with Crippen molar-refractivity contribution >= 4 is 0 Å².